The first-order valence-electron chi connectivity index (χ1n) is 7.45. The average molecular weight is 350 g/mol. The summed E-state index contributed by atoms with van der Waals surface area (Å²) >= 11 is 0.964. The lowest BCUT2D eigenvalue weighted by atomic mass is 10.0. The molecule has 0 fully saturated rings. The molecule has 0 saturated carbocycles. The lowest BCUT2D eigenvalue weighted by molar-refractivity contribution is 0.595. The van der Waals surface area contributed by atoms with Crippen LogP contribution in [0, 0.1) is 0 Å². The first-order valence-corrected chi connectivity index (χ1v) is 9.82. The fourth-order valence-corrected chi connectivity index (χ4v) is 3.86. The molecule has 0 bridgehead atoms. The molecule has 2 aromatic heterocycles. The van der Waals surface area contributed by atoms with Crippen LogP contribution in [0.1, 0.15) is 31.7 Å². The number of sulfonamides is 1. The molecule has 23 heavy (non-hydrogen) atoms. The average Bonchev–Trinajstić information content (AvgIpc) is 3.06. The van der Waals surface area contributed by atoms with Crippen molar-refractivity contribution in [2.24, 2.45) is 5.14 Å². The van der Waals surface area contributed by atoms with E-state index in [0.29, 0.717) is 4.96 Å². The van der Waals surface area contributed by atoms with Gasteiger partial charge in [0.15, 0.2) is 0 Å². The van der Waals surface area contributed by atoms with E-state index in [1.54, 1.807) is 6.20 Å². The van der Waals surface area contributed by atoms with Crippen LogP contribution in [0.3, 0.4) is 0 Å². The minimum Gasteiger partial charge on any atom is -0.223 e. The van der Waals surface area contributed by atoms with Crippen LogP contribution in [-0.2, 0) is 16.4 Å². The Morgan fingerprint density at radius 3 is 2.57 bits per heavy atom. The third-order valence-corrected chi connectivity index (χ3v) is 5.82. The van der Waals surface area contributed by atoms with Crippen LogP contribution < -0.4 is 5.14 Å². The van der Waals surface area contributed by atoms with Gasteiger partial charge in [-0.3, -0.25) is 0 Å². The largest absolute Gasteiger partial charge is 0.267 e. The first-order chi connectivity index (χ1) is 11.0. The maximum atomic E-state index is 11.3. The van der Waals surface area contributed by atoms with Gasteiger partial charge in [-0.1, -0.05) is 55.4 Å². The van der Waals surface area contributed by atoms with Crippen molar-refractivity contribution >= 4 is 26.3 Å². The molecule has 0 aliphatic rings. The topological polar surface area (TPSA) is 90.4 Å². The van der Waals surface area contributed by atoms with Crippen molar-refractivity contribution < 1.29 is 8.42 Å². The summed E-state index contributed by atoms with van der Waals surface area (Å²) in [6.07, 6.45) is 6.47. The Bertz CT molecular complexity index is 879. The Morgan fingerprint density at radius 1 is 1.22 bits per heavy atom. The second kappa shape index (κ2) is 6.38. The fraction of sp³-hybridized carbons (Fsp3) is 0.333. The summed E-state index contributed by atoms with van der Waals surface area (Å²) in [5, 5.41) is 9.03. The molecule has 0 aliphatic heterocycles. The molecule has 0 saturated heterocycles. The van der Waals surface area contributed by atoms with Gasteiger partial charge < -0.3 is 0 Å². The highest BCUT2D eigenvalue weighted by Gasteiger charge is 2.17. The normalized spacial score (nSPS) is 12.1. The van der Waals surface area contributed by atoms with Crippen LogP contribution in [-0.4, -0.2) is 23.0 Å². The van der Waals surface area contributed by atoms with E-state index in [1.807, 2.05) is 12.1 Å². The van der Waals surface area contributed by atoms with E-state index in [0.717, 1.165) is 29.0 Å². The van der Waals surface area contributed by atoms with Gasteiger partial charge in [0.05, 0.1) is 11.9 Å². The molecule has 0 amide bonds. The molecule has 1 aromatic carbocycles. The van der Waals surface area contributed by atoms with E-state index in [4.69, 9.17) is 5.14 Å². The number of hydrogen-bond donors (Lipinski definition) is 1. The minimum absolute atomic E-state index is 0.127. The zero-order valence-electron chi connectivity index (χ0n) is 12.8. The molecule has 2 N–H and O–H groups in total. The monoisotopic (exact) mass is 350 g/mol. The number of benzene rings is 1. The van der Waals surface area contributed by atoms with Gasteiger partial charge in [-0.15, -0.1) is 5.10 Å². The molecule has 0 atom stereocenters. The highest BCUT2D eigenvalue weighted by atomic mass is 32.2. The highest BCUT2D eigenvalue weighted by Crippen LogP contribution is 2.24. The Kier molecular flexibility index (Phi) is 4.47. The van der Waals surface area contributed by atoms with Crippen LogP contribution in [0.25, 0.3) is 16.2 Å². The first kappa shape index (κ1) is 16.1. The summed E-state index contributed by atoms with van der Waals surface area (Å²) in [6.45, 7) is 2.20. The quantitative estimate of drug-likeness (QED) is 0.692. The number of fused-ring (bicyclic) bond motifs is 1. The van der Waals surface area contributed by atoms with E-state index < -0.39 is 10.0 Å². The molecule has 3 rings (SSSR count). The van der Waals surface area contributed by atoms with Crippen molar-refractivity contribution in [2.75, 3.05) is 0 Å². The molecule has 0 unspecified atom stereocenters. The number of unbranched alkanes of at least 4 members (excludes halogenated alkanes) is 2. The molecule has 0 aliphatic carbocycles. The Balaban J connectivity index is 1.81. The fourth-order valence-electron chi connectivity index (χ4n) is 2.36. The lowest BCUT2D eigenvalue weighted by Gasteiger charge is -2.02. The van der Waals surface area contributed by atoms with Gasteiger partial charge in [-0.25, -0.2) is 23.1 Å². The maximum absolute atomic E-state index is 11.3. The molecule has 8 heteroatoms. The summed E-state index contributed by atoms with van der Waals surface area (Å²) in [6, 6.07) is 8.30. The molecule has 0 spiro atoms. The van der Waals surface area contributed by atoms with Gasteiger partial charge in [-0.2, -0.15) is 0 Å². The summed E-state index contributed by atoms with van der Waals surface area (Å²) in [7, 11) is -3.78. The molecule has 122 valence electrons. The highest BCUT2D eigenvalue weighted by molar-refractivity contribution is 7.91. The van der Waals surface area contributed by atoms with E-state index >= 15 is 0 Å². The zero-order chi connectivity index (χ0) is 16.4. The number of primary sulfonamides is 1. The van der Waals surface area contributed by atoms with Crippen LogP contribution in [0.15, 0.2) is 34.8 Å². The van der Waals surface area contributed by atoms with Crippen LogP contribution in [0.2, 0.25) is 0 Å². The molecule has 6 nitrogen and oxygen atoms in total. The van der Waals surface area contributed by atoms with Crippen molar-refractivity contribution in [3.8, 4) is 11.3 Å². The predicted molar refractivity (Wildman–Crippen MR) is 90.9 cm³/mol. The number of aromatic nitrogens is 3. The second-order valence-corrected chi connectivity index (χ2v) is 8.11. The molecular weight excluding hydrogens is 332 g/mol. The van der Waals surface area contributed by atoms with Crippen molar-refractivity contribution in [3.63, 3.8) is 0 Å². The number of nitrogens with two attached hydrogens (primary N) is 1. The minimum atomic E-state index is -3.78. The number of hydrogen-bond acceptors (Lipinski definition) is 5. The SMILES string of the molecule is CCCCCc1ccc(-c2cn3nc(S(N)(=O)=O)sc3n2)cc1. The summed E-state index contributed by atoms with van der Waals surface area (Å²) < 4.78 is 23.9. The Labute approximate surface area is 139 Å². The van der Waals surface area contributed by atoms with Gasteiger partial charge in [0.2, 0.25) is 9.30 Å². The van der Waals surface area contributed by atoms with E-state index in [-0.39, 0.29) is 4.34 Å². The number of aryl methyl sites for hydroxylation is 1. The number of rotatable bonds is 6. The Morgan fingerprint density at radius 2 is 1.96 bits per heavy atom. The molecule has 2 heterocycles. The van der Waals surface area contributed by atoms with Gasteiger partial charge >= 0.3 is 0 Å². The third-order valence-electron chi connectivity index (χ3n) is 3.59. The van der Waals surface area contributed by atoms with Crippen LogP contribution in [0.4, 0.5) is 0 Å². The Hall–Kier alpha value is -1.77. The van der Waals surface area contributed by atoms with Crippen LogP contribution in [0.5, 0.6) is 0 Å². The van der Waals surface area contributed by atoms with Crippen molar-refractivity contribution in [3.05, 3.63) is 36.0 Å². The molecular formula is C15H18N4O2S2. The van der Waals surface area contributed by atoms with Gasteiger partial charge in [0.1, 0.15) is 0 Å². The van der Waals surface area contributed by atoms with E-state index in [9.17, 15) is 8.42 Å². The van der Waals surface area contributed by atoms with E-state index in [1.165, 1.54) is 29.3 Å². The van der Waals surface area contributed by atoms with Gasteiger partial charge in [0.25, 0.3) is 10.0 Å². The lowest BCUT2D eigenvalue weighted by Crippen LogP contribution is -2.12. The second-order valence-electron chi connectivity index (χ2n) is 5.42. The van der Waals surface area contributed by atoms with E-state index in [2.05, 4.69) is 29.1 Å². The zero-order valence-corrected chi connectivity index (χ0v) is 14.4. The van der Waals surface area contributed by atoms with Crippen molar-refractivity contribution in [2.45, 2.75) is 36.9 Å². The summed E-state index contributed by atoms with van der Waals surface area (Å²) in [5.41, 5.74) is 3.07. The predicted octanol–water partition coefficient (Wildman–Crippen LogP) is 2.84. The van der Waals surface area contributed by atoms with Crippen LogP contribution >= 0.6 is 11.3 Å². The molecule has 3 aromatic rings. The molecule has 0 radical (unpaired) electrons. The number of nitrogens with zero attached hydrogens (tertiary/aromatic N) is 3. The standard InChI is InChI=1S/C15H18N4O2S2/c1-2-3-4-5-11-6-8-12(9-7-11)13-10-19-14(17-13)22-15(18-19)23(16,20)21/h6-10H,2-5H2,1H3,(H2,16,20,21). The summed E-state index contributed by atoms with van der Waals surface area (Å²) in [4.78, 5) is 4.93. The maximum Gasteiger partial charge on any atom is 0.267 e. The number of imidazole rings is 1. The third kappa shape index (κ3) is 3.60. The van der Waals surface area contributed by atoms with Crippen molar-refractivity contribution in [1.82, 2.24) is 14.6 Å². The summed E-state index contributed by atoms with van der Waals surface area (Å²) in [5.74, 6) is 0. The van der Waals surface area contributed by atoms with Crippen molar-refractivity contribution in [1.29, 1.82) is 0 Å². The van der Waals surface area contributed by atoms with Gasteiger partial charge in [0, 0.05) is 5.56 Å². The smallest absolute Gasteiger partial charge is 0.223 e. The van der Waals surface area contributed by atoms with Gasteiger partial charge in [-0.05, 0) is 18.4 Å².